The van der Waals surface area contributed by atoms with E-state index >= 15 is 0 Å². The molecule has 0 saturated heterocycles. The fourth-order valence-electron chi connectivity index (χ4n) is 1.22. The first kappa shape index (κ1) is 13.2. The average molecular weight is 238 g/mol. The van der Waals surface area contributed by atoms with E-state index in [9.17, 15) is 9.59 Å². The number of ether oxygens (including phenoxy) is 1. The normalized spacial score (nSPS) is 10.4. The van der Waals surface area contributed by atoms with Crippen molar-refractivity contribution in [3.8, 4) is 5.75 Å². The fourth-order valence-corrected chi connectivity index (χ4v) is 1.22. The number of carboxylic acid groups (broad SMARTS) is 1. The molecule has 0 aromatic heterocycles. The highest BCUT2D eigenvalue weighted by atomic mass is 16.5. The van der Waals surface area contributed by atoms with Crippen molar-refractivity contribution in [2.45, 2.75) is 20.5 Å². The van der Waals surface area contributed by atoms with Crippen LogP contribution in [0.2, 0.25) is 0 Å². The van der Waals surface area contributed by atoms with Crippen LogP contribution >= 0.6 is 0 Å². The SMILES string of the molecule is CC(C)C(=O)Oc1c(CO)cccc1C(=O)O. The quantitative estimate of drug-likeness (QED) is 0.612. The first-order valence-corrected chi connectivity index (χ1v) is 5.15. The highest BCUT2D eigenvalue weighted by Crippen LogP contribution is 2.25. The maximum atomic E-state index is 11.5. The number of benzene rings is 1. The van der Waals surface area contributed by atoms with E-state index in [2.05, 4.69) is 0 Å². The molecule has 0 aliphatic heterocycles. The average Bonchev–Trinajstić information content (AvgIpc) is 2.28. The van der Waals surface area contributed by atoms with Gasteiger partial charge < -0.3 is 14.9 Å². The molecule has 5 heteroatoms. The Balaban J connectivity index is 3.18. The van der Waals surface area contributed by atoms with Gasteiger partial charge in [-0.3, -0.25) is 4.79 Å². The molecular weight excluding hydrogens is 224 g/mol. The summed E-state index contributed by atoms with van der Waals surface area (Å²) < 4.78 is 5.01. The number of carbonyl (C=O) groups excluding carboxylic acids is 1. The van der Waals surface area contributed by atoms with Gasteiger partial charge >= 0.3 is 11.9 Å². The maximum Gasteiger partial charge on any atom is 0.339 e. The zero-order chi connectivity index (χ0) is 13.0. The lowest BCUT2D eigenvalue weighted by Gasteiger charge is -2.12. The standard InChI is InChI=1S/C12H14O5/c1-7(2)12(16)17-10-8(6-13)4-3-5-9(10)11(14)15/h3-5,7,13H,6H2,1-2H3,(H,14,15). The zero-order valence-electron chi connectivity index (χ0n) is 9.64. The van der Waals surface area contributed by atoms with Crippen molar-refractivity contribution >= 4 is 11.9 Å². The molecule has 0 fully saturated rings. The van der Waals surface area contributed by atoms with E-state index in [1.54, 1.807) is 13.8 Å². The molecule has 2 N–H and O–H groups in total. The third-order valence-electron chi connectivity index (χ3n) is 2.17. The predicted molar refractivity (Wildman–Crippen MR) is 59.8 cm³/mol. The Morgan fingerprint density at radius 2 is 2.00 bits per heavy atom. The Kier molecular flexibility index (Phi) is 4.23. The van der Waals surface area contributed by atoms with Crippen molar-refractivity contribution < 1.29 is 24.5 Å². The van der Waals surface area contributed by atoms with Crippen molar-refractivity contribution in [3.63, 3.8) is 0 Å². The van der Waals surface area contributed by atoms with Gasteiger partial charge in [0, 0.05) is 5.56 Å². The van der Waals surface area contributed by atoms with E-state index in [4.69, 9.17) is 14.9 Å². The summed E-state index contributed by atoms with van der Waals surface area (Å²) in [5, 5.41) is 18.1. The van der Waals surface area contributed by atoms with Crippen LogP contribution in [0, 0.1) is 5.92 Å². The van der Waals surface area contributed by atoms with Crippen LogP contribution in [0.25, 0.3) is 0 Å². The number of aliphatic hydroxyl groups is 1. The fraction of sp³-hybridized carbons (Fsp3) is 0.333. The minimum Gasteiger partial charge on any atom is -0.478 e. The molecular formula is C12H14O5. The molecule has 1 aromatic rings. The zero-order valence-corrected chi connectivity index (χ0v) is 9.64. The van der Waals surface area contributed by atoms with E-state index in [1.165, 1.54) is 18.2 Å². The molecule has 0 aliphatic carbocycles. The first-order chi connectivity index (χ1) is 7.97. The number of esters is 1. The Morgan fingerprint density at radius 1 is 1.35 bits per heavy atom. The van der Waals surface area contributed by atoms with Crippen LogP contribution in [0.1, 0.15) is 29.8 Å². The van der Waals surface area contributed by atoms with Crippen molar-refractivity contribution in [1.29, 1.82) is 0 Å². The number of aliphatic hydroxyl groups excluding tert-OH is 1. The molecule has 0 spiro atoms. The minimum absolute atomic E-state index is 0.0822. The molecule has 17 heavy (non-hydrogen) atoms. The Hall–Kier alpha value is -1.88. The lowest BCUT2D eigenvalue weighted by atomic mass is 10.1. The number of rotatable bonds is 4. The Morgan fingerprint density at radius 3 is 2.47 bits per heavy atom. The molecule has 92 valence electrons. The van der Waals surface area contributed by atoms with E-state index in [1.807, 2.05) is 0 Å². The van der Waals surface area contributed by atoms with Crippen LogP contribution in [-0.2, 0) is 11.4 Å². The molecule has 0 unspecified atom stereocenters. The van der Waals surface area contributed by atoms with Crippen LogP contribution in [0.4, 0.5) is 0 Å². The van der Waals surface area contributed by atoms with Gasteiger partial charge in [-0.1, -0.05) is 26.0 Å². The van der Waals surface area contributed by atoms with Gasteiger partial charge in [0.05, 0.1) is 12.5 Å². The highest BCUT2D eigenvalue weighted by molar-refractivity contribution is 5.92. The van der Waals surface area contributed by atoms with Crippen molar-refractivity contribution in [3.05, 3.63) is 29.3 Å². The highest BCUT2D eigenvalue weighted by Gasteiger charge is 2.19. The first-order valence-electron chi connectivity index (χ1n) is 5.15. The summed E-state index contributed by atoms with van der Waals surface area (Å²) in [4.78, 5) is 22.4. The Labute approximate surface area is 98.6 Å². The molecule has 5 nitrogen and oxygen atoms in total. The van der Waals surface area contributed by atoms with E-state index in [-0.39, 0.29) is 29.4 Å². The van der Waals surface area contributed by atoms with E-state index in [0.717, 1.165) is 0 Å². The van der Waals surface area contributed by atoms with Crippen LogP contribution in [0.15, 0.2) is 18.2 Å². The summed E-state index contributed by atoms with van der Waals surface area (Å²) in [6, 6.07) is 4.32. The summed E-state index contributed by atoms with van der Waals surface area (Å²) in [6.45, 7) is 2.90. The van der Waals surface area contributed by atoms with Gasteiger partial charge in [0.2, 0.25) is 0 Å². The molecule has 1 rings (SSSR count). The molecule has 0 aliphatic rings. The summed E-state index contributed by atoms with van der Waals surface area (Å²) in [5.74, 6) is -2.19. The van der Waals surface area contributed by atoms with Crippen molar-refractivity contribution in [2.75, 3.05) is 0 Å². The van der Waals surface area contributed by atoms with Crippen LogP contribution in [0.5, 0.6) is 5.75 Å². The summed E-state index contributed by atoms with van der Waals surface area (Å²) in [7, 11) is 0. The number of hydrogen-bond acceptors (Lipinski definition) is 4. The lowest BCUT2D eigenvalue weighted by Crippen LogP contribution is -2.17. The maximum absolute atomic E-state index is 11.5. The molecule has 0 atom stereocenters. The van der Waals surface area contributed by atoms with Gasteiger partial charge in [0.1, 0.15) is 5.56 Å². The van der Waals surface area contributed by atoms with Crippen molar-refractivity contribution in [1.82, 2.24) is 0 Å². The van der Waals surface area contributed by atoms with Crippen LogP contribution in [-0.4, -0.2) is 22.2 Å². The monoisotopic (exact) mass is 238 g/mol. The number of carbonyl (C=O) groups is 2. The summed E-state index contributed by atoms with van der Waals surface area (Å²) in [5.41, 5.74) is 0.143. The van der Waals surface area contributed by atoms with Gasteiger partial charge in [0.15, 0.2) is 5.75 Å². The molecule has 0 radical (unpaired) electrons. The number of aromatic carboxylic acids is 1. The second kappa shape index (κ2) is 5.45. The van der Waals surface area contributed by atoms with Crippen LogP contribution < -0.4 is 4.74 Å². The summed E-state index contributed by atoms with van der Waals surface area (Å²) >= 11 is 0. The van der Waals surface area contributed by atoms with Gasteiger partial charge in [-0.25, -0.2) is 4.79 Å². The second-order valence-electron chi connectivity index (χ2n) is 3.83. The molecule has 0 saturated carbocycles. The third kappa shape index (κ3) is 3.04. The molecule has 1 aromatic carbocycles. The Bertz CT molecular complexity index is 437. The van der Waals surface area contributed by atoms with Gasteiger partial charge in [-0.15, -0.1) is 0 Å². The number of para-hydroxylation sites is 1. The predicted octanol–water partition coefficient (Wildman–Crippen LogP) is 1.44. The van der Waals surface area contributed by atoms with E-state index in [0.29, 0.717) is 0 Å². The molecule has 0 amide bonds. The van der Waals surface area contributed by atoms with Crippen molar-refractivity contribution in [2.24, 2.45) is 5.92 Å². The molecule has 0 bridgehead atoms. The number of carboxylic acids is 1. The largest absolute Gasteiger partial charge is 0.478 e. The smallest absolute Gasteiger partial charge is 0.339 e. The van der Waals surface area contributed by atoms with E-state index < -0.39 is 11.9 Å². The lowest BCUT2D eigenvalue weighted by molar-refractivity contribution is -0.137. The molecule has 0 heterocycles. The van der Waals surface area contributed by atoms with Gasteiger partial charge in [-0.05, 0) is 6.07 Å². The topological polar surface area (TPSA) is 83.8 Å². The van der Waals surface area contributed by atoms with Gasteiger partial charge in [-0.2, -0.15) is 0 Å². The summed E-state index contributed by atoms with van der Waals surface area (Å²) in [6.07, 6.45) is 0. The minimum atomic E-state index is -1.20. The second-order valence-corrected chi connectivity index (χ2v) is 3.83. The number of hydrogen-bond donors (Lipinski definition) is 2. The van der Waals surface area contributed by atoms with Crippen LogP contribution in [0.3, 0.4) is 0 Å². The third-order valence-corrected chi connectivity index (χ3v) is 2.17. The van der Waals surface area contributed by atoms with Gasteiger partial charge in [0.25, 0.3) is 0 Å².